The lowest BCUT2D eigenvalue weighted by molar-refractivity contribution is 0.0316. The number of aliphatic hydroxyl groups is 1. The fourth-order valence-corrected chi connectivity index (χ4v) is 4.27. The molecule has 0 bridgehead atoms. The van der Waals surface area contributed by atoms with Crippen LogP contribution in [0.5, 0.6) is 5.75 Å². The summed E-state index contributed by atoms with van der Waals surface area (Å²) in [6.07, 6.45) is 0.590. The molecule has 1 aromatic heterocycles. The number of halogens is 4. The number of rotatable bonds is 7. The molecule has 12 heteroatoms. The van der Waals surface area contributed by atoms with Crippen molar-refractivity contribution < 1.29 is 23.4 Å². The molecule has 8 nitrogen and oxygen atoms in total. The Balaban J connectivity index is 1.30. The lowest BCUT2D eigenvalue weighted by atomic mass is 10.1. The van der Waals surface area contributed by atoms with Gasteiger partial charge in [-0.25, -0.2) is 13.8 Å². The third-order valence-electron chi connectivity index (χ3n) is 5.91. The minimum absolute atomic E-state index is 0.00680. The zero-order valence-electron chi connectivity index (χ0n) is 19.3. The van der Waals surface area contributed by atoms with E-state index in [1.165, 1.54) is 24.4 Å². The Labute approximate surface area is 215 Å². The molecular formula is C24H24Cl2F2N4O4. The van der Waals surface area contributed by atoms with E-state index in [0.29, 0.717) is 38.2 Å². The number of hydrogen-bond donors (Lipinski definition) is 2. The number of amides is 1. The van der Waals surface area contributed by atoms with Crippen LogP contribution in [0.3, 0.4) is 0 Å². The molecular weight excluding hydrogens is 517 g/mol. The van der Waals surface area contributed by atoms with Gasteiger partial charge < -0.3 is 14.4 Å². The molecule has 0 saturated carbocycles. The zero-order chi connectivity index (χ0) is 26.0. The van der Waals surface area contributed by atoms with Crippen molar-refractivity contribution in [2.45, 2.75) is 6.10 Å². The topological polar surface area (TPSA) is 87.0 Å². The molecule has 192 valence electrons. The van der Waals surface area contributed by atoms with Crippen LogP contribution in [0.15, 0.2) is 41.3 Å². The van der Waals surface area contributed by atoms with Gasteiger partial charge in [0, 0.05) is 57.4 Å². The Kier molecular flexibility index (Phi) is 8.11. The lowest BCUT2D eigenvalue weighted by Crippen LogP contribution is -2.55. The molecule has 1 fully saturated rings. The summed E-state index contributed by atoms with van der Waals surface area (Å²) in [5.41, 5.74) is 2.45. The number of benzene rings is 2. The molecule has 0 radical (unpaired) electrons. The van der Waals surface area contributed by atoms with Crippen molar-refractivity contribution in [2.75, 3.05) is 39.3 Å². The maximum atomic E-state index is 13.9. The summed E-state index contributed by atoms with van der Waals surface area (Å²) in [4.78, 5) is 27.6. The summed E-state index contributed by atoms with van der Waals surface area (Å²) in [7, 11) is 1.64. The van der Waals surface area contributed by atoms with E-state index in [0.717, 1.165) is 12.1 Å². The predicted octanol–water partition coefficient (Wildman–Crippen LogP) is 2.83. The van der Waals surface area contributed by atoms with E-state index in [1.54, 1.807) is 16.6 Å². The van der Waals surface area contributed by atoms with Crippen molar-refractivity contribution in [1.82, 2.24) is 19.9 Å². The summed E-state index contributed by atoms with van der Waals surface area (Å²) in [5, 5.41) is 11.9. The van der Waals surface area contributed by atoms with Crippen LogP contribution < -0.4 is 15.6 Å². The van der Waals surface area contributed by atoms with Crippen LogP contribution >= 0.6 is 23.2 Å². The summed E-state index contributed by atoms with van der Waals surface area (Å²) in [6, 6.07) is 6.45. The van der Waals surface area contributed by atoms with Gasteiger partial charge >= 0.3 is 0 Å². The maximum Gasteiger partial charge on any atom is 0.271 e. The first-order valence-electron chi connectivity index (χ1n) is 11.1. The normalized spacial score (nSPS) is 15.7. The molecule has 1 unspecified atom stereocenters. The summed E-state index contributed by atoms with van der Waals surface area (Å²) in [6.45, 7) is 2.32. The number of fused-ring (bicyclic) bond motifs is 1. The molecule has 0 aliphatic carbocycles. The number of β-amino-alcohol motifs (C(OH)–C–C–N with tert-alkyl or cyclic N) is 1. The number of carbonyl (C=O) groups excluding carboxylic acids is 1. The van der Waals surface area contributed by atoms with Gasteiger partial charge in [0.25, 0.3) is 5.91 Å². The Morgan fingerprint density at radius 1 is 1.11 bits per heavy atom. The molecule has 0 spiro atoms. The van der Waals surface area contributed by atoms with E-state index < -0.39 is 29.1 Å². The van der Waals surface area contributed by atoms with E-state index in [9.17, 15) is 23.5 Å². The Bertz CT molecular complexity index is 1350. The molecule has 2 aromatic carbocycles. The molecule has 1 aliphatic rings. The van der Waals surface area contributed by atoms with E-state index in [1.807, 2.05) is 4.90 Å². The molecule has 1 amide bonds. The fraction of sp³-hybridized carbons (Fsp3) is 0.333. The highest BCUT2D eigenvalue weighted by molar-refractivity contribution is 6.31. The van der Waals surface area contributed by atoms with Gasteiger partial charge in [0.15, 0.2) is 0 Å². The summed E-state index contributed by atoms with van der Waals surface area (Å²) in [5.74, 6) is -1.65. The average Bonchev–Trinajstić information content (AvgIpc) is 2.84. The molecule has 1 aliphatic heterocycles. The second-order valence-corrected chi connectivity index (χ2v) is 9.35. The van der Waals surface area contributed by atoms with Crippen molar-refractivity contribution >= 4 is 40.0 Å². The van der Waals surface area contributed by atoms with Crippen molar-refractivity contribution in [2.24, 2.45) is 7.05 Å². The second kappa shape index (κ2) is 11.1. The standard InChI is InChI=1S/C24H24Cl2F2N4O4/c1-30-12-17(23(34)16-9-21(28)19(26)10-22(16)30)24(35)29-32-6-4-31(5-7-32)11-14(33)13-36-15-2-3-18(25)20(27)8-15/h2-3,8-10,12,14,33H,4-7,11,13H2,1H3,(H,29,35). The molecule has 1 saturated heterocycles. The van der Waals surface area contributed by atoms with E-state index in [-0.39, 0.29) is 33.4 Å². The van der Waals surface area contributed by atoms with Crippen LogP contribution in [0.25, 0.3) is 10.9 Å². The third kappa shape index (κ3) is 5.96. The number of pyridine rings is 1. The van der Waals surface area contributed by atoms with Crippen molar-refractivity contribution in [1.29, 1.82) is 0 Å². The number of aromatic nitrogens is 1. The number of aryl methyl sites for hydroxylation is 1. The van der Waals surface area contributed by atoms with Gasteiger partial charge in [0.2, 0.25) is 5.43 Å². The molecule has 36 heavy (non-hydrogen) atoms. The maximum absolute atomic E-state index is 13.9. The van der Waals surface area contributed by atoms with Crippen LogP contribution in [0.1, 0.15) is 10.4 Å². The Hall–Kier alpha value is -2.76. The highest BCUT2D eigenvalue weighted by atomic mass is 35.5. The quantitative estimate of drug-likeness (QED) is 0.479. The monoisotopic (exact) mass is 540 g/mol. The lowest BCUT2D eigenvalue weighted by Gasteiger charge is -2.35. The number of nitrogens with one attached hydrogen (secondary N) is 1. The first-order valence-corrected chi connectivity index (χ1v) is 11.9. The first-order chi connectivity index (χ1) is 17.1. The fourth-order valence-electron chi connectivity index (χ4n) is 3.99. The highest BCUT2D eigenvalue weighted by Gasteiger charge is 2.23. The molecule has 4 rings (SSSR count). The first kappa shape index (κ1) is 26.3. The highest BCUT2D eigenvalue weighted by Crippen LogP contribution is 2.22. The number of carbonyl (C=O) groups is 1. The van der Waals surface area contributed by atoms with Crippen LogP contribution in [0.4, 0.5) is 8.78 Å². The van der Waals surface area contributed by atoms with Crippen LogP contribution in [-0.2, 0) is 7.05 Å². The number of aliphatic hydroxyl groups excluding tert-OH is 1. The number of piperazine rings is 1. The van der Waals surface area contributed by atoms with Gasteiger partial charge in [0.1, 0.15) is 35.7 Å². The van der Waals surface area contributed by atoms with Crippen LogP contribution in [0.2, 0.25) is 10.0 Å². The van der Waals surface area contributed by atoms with Gasteiger partial charge in [-0.05, 0) is 24.3 Å². The zero-order valence-corrected chi connectivity index (χ0v) is 20.8. The van der Waals surface area contributed by atoms with Gasteiger partial charge in [-0.3, -0.25) is 19.9 Å². The number of nitrogens with zero attached hydrogens (tertiary/aromatic N) is 3. The number of hydrazine groups is 1. The Morgan fingerprint density at radius 2 is 1.81 bits per heavy atom. The second-order valence-electron chi connectivity index (χ2n) is 8.54. The van der Waals surface area contributed by atoms with E-state index >= 15 is 0 Å². The smallest absolute Gasteiger partial charge is 0.271 e. The number of ether oxygens (including phenoxy) is 1. The van der Waals surface area contributed by atoms with Crippen molar-refractivity contribution in [3.63, 3.8) is 0 Å². The molecule has 2 N–H and O–H groups in total. The third-order valence-corrected chi connectivity index (χ3v) is 6.51. The summed E-state index contributed by atoms with van der Waals surface area (Å²) >= 11 is 11.5. The van der Waals surface area contributed by atoms with Gasteiger partial charge in [-0.1, -0.05) is 23.2 Å². The number of hydrogen-bond acceptors (Lipinski definition) is 6. The van der Waals surface area contributed by atoms with Gasteiger partial charge in [-0.15, -0.1) is 0 Å². The Morgan fingerprint density at radius 3 is 2.50 bits per heavy atom. The van der Waals surface area contributed by atoms with E-state index in [2.05, 4.69) is 5.43 Å². The summed E-state index contributed by atoms with van der Waals surface area (Å²) < 4.78 is 34.4. The molecule has 3 aromatic rings. The SMILES string of the molecule is Cn1cc(C(=O)NN2CCN(CC(O)COc3ccc(Cl)c(F)c3)CC2)c(=O)c2cc(F)c(Cl)cc21. The predicted molar refractivity (Wildman–Crippen MR) is 133 cm³/mol. The van der Waals surface area contributed by atoms with Crippen molar-refractivity contribution in [3.05, 3.63) is 74.0 Å². The largest absolute Gasteiger partial charge is 0.491 e. The van der Waals surface area contributed by atoms with Crippen LogP contribution in [0, 0.1) is 11.6 Å². The van der Waals surface area contributed by atoms with E-state index in [4.69, 9.17) is 27.9 Å². The minimum atomic E-state index is -0.806. The average molecular weight is 541 g/mol. The van der Waals surface area contributed by atoms with Crippen LogP contribution in [-0.4, -0.2) is 70.9 Å². The van der Waals surface area contributed by atoms with Gasteiger partial charge in [-0.2, -0.15) is 0 Å². The van der Waals surface area contributed by atoms with Gasteiger partial charge in [0.05, 0.1) is 15.6 Å². The molecule has 2 heterocycles. The van der Waals surface area contributed by atoms with Crippen molar-refractivity contribution in [3.8, 4) is 5.75 Å². The minimum Gasteiger partial charge on any atom is -0.491 e. The molecule has 1 atom stereocenters.